The summed E-state index contributed by atoms with van der Waals surface area (Å²) in [5, 5.41) is 3.66. The molecule has 0 aliphatic carbocycles. The van der Waals surface area contributed by atoms with E-state index in [1.807, 2.05) is 7.05 Å². The summed E-state index contributed by atoms with van der Waals surface area (Å²) in [7, 11) is 1.91. The Hall–Kier alpha value is -0.470. The molecule has 2 unspecified atom stereocenters. The van der Waals surface area contributed by atoms with Gasteiger partial charge in [-0.05, 0) is 38.7 Å². The van der Waals surface area contributed by atoms with Gasteiger partial charge in [-0.25, -0.2) is 0 Å². The van der Waals surface area contributed by atoms with Crippen molar-refractivity contribution < 1.29 is 0 Å². The first kappa shape index (κ1) is 22.8. The lowest BCUT2D eigenvalue weighted by Crippen LogP contribution is -2.51. The molecule has 0 amide bonds. The molecule has 2 aliphatic heterocycles. The average molecular weight is 503 g/mol. The van der Waals surface area contributed by atoms with Gasteiger partial charge in [-0.3, -0.25) is 9.89 Å². The fourth-order valence-corrected chi connectivity index (χ4v) is 5.28. The molecular weight excluding hydrogens is 467 g/mol. The molecule has 0 spiro atoms. The number of hydrogen-bond acceptors (Lipinski definition) is 3. The van der Waals surface area contributed by atoms with E-state index in [2.05, 4.69) is 83.0 Å². The van der Waals surface area contributed by atoms with Gasteiger partial charge in [0.15, 0.2) is 5.96 Å². The van der Waals surface area contributed by atoms with Crippen LogP contribution in [0.25, 0.3) is 0 Å². The highest BCUT2D eigenvalue weighted by Crippen LogP contribution is 2.29. The first-order valence-corrected chi connectivity index (χ1v) is 10.8. The molecule has 0 bridgehead atoms. The number of benzene rings is 1. The van der Waals surface area contributed by atoms with Crippen molar-refractivity contribution in [2.75, 3.05) is 39.0 Å². The van der Waals surface area contributed by atoms with Gasteiger partial charge in [-0.2, -0.15) is 11.8 Å². The predicted molar refractivity (Wildman–Crippen MR) is 129 cm³/mol. The summed E-state index contributed by atoms with van der Waals surface area (Å²) in [6.45, 7) is 12.4. The zero-order valence-electron chi connectivity index (χ0n) is 17.1. The van der Waals surface area contributed by atoms with Crippen LogP contribution in [0.15, 0.2) is 35.3 Å². The third-order valence-corrected chi connectivity index (χ3v) is 6.80. The van der Waals surface area contributed by atoms with Gasteiger partial charge in [-0.1, -0.05) is 30.3 Å². The number of rotatable bonds is 4. The average Bonchev–Trinajstić information content (AvgIpc) is 2.95. The van der Waals surface area contributed by atoms with Gasteiger partial charge in [0, 0.05) is 56.3 Å². The molecule has 0 radical (unpaired) electrons. The van der Waals surface area contributed by atoms with Crippen LogP contribution in [0, 0.1) is 5.92 Å². The fraction of sp³-hybridized carbons (Fsp3) is 0.667. The van der Waals surface area contributed by atoms with E-state index in [4.69, 9.17) is 0 Å². The molecule has 1 aromatic carbocycles. The molecule has 2 saturated heterocycles. The summed E-state index contributed by atoms with van der Waals surface area (Å²) in [6.07, 6.45) is 1.26. The minimum Gasteiger partial charge on any atom is -0.356 e. The molecule has 2 heterocycles. The van der Waals surface area contributed by atoms with Crippen molar-refractivity contribution in [3.05, 3.63) is 35.9 Å². The van der Waals surface area contributed by atoms with Crippen molar-refractivity contribution in [2.24, 2.45) is 10.9 Å². The van der Waals surface area contributed by atoms with Crippen LogP contribution in [0.1, 0.15) is 32.8 Å². The van der Waals surface area contributed by atoms with E-state index in [9.17, 15) is 0 Å². The SMILES string of the molecule is CN=C(NCC1CC(C)N(Cc2ccccc2)C1)N1CCSC(C)(C)C1.I. The number of thioether (sulfide) groups is 1. The second-order valence-corrected chi connectivity index (χ2v) is 10.1. The monoisotopic (exact) mass is 502 g/mol. The third kappa shape index (κ3) is 6.53. The maximum Gasteiger partial charge on any atom is 0.193 e. The van der Waals surface area contributed by atoms with Crippen molar-refractivity contribution in [1.82, 2.24) is 15.1 Å². The smallest absolute Gasteiger partial charge is 0.193 e. The van der Waals surface area contributed by atoms with E-state index in [0.717, 1.165) is 32.1 Å². The van der Waals surface area contributed by atoms with Crippen molar-refractivity contribution >= 4 is 41.7 Å². The van der Waals surface area contributed by atoms with Gasteiger partial charge < -0.3 is 10.2 Å². The quantitative estimate of drug-likeness (QED) is 0.384. The van der Waals surface area contributed by atoms with E-state index in [1.165, 1.54) is 24.3 Å². The van der Waals surface area contributed by atoms with Crippen LogP contribution < -0.4 is 5.32 Å². The van der Waals surface area contributed by atoms with Crippen molar-refractivity contribution in [3.8, 4) is 0 Å². The summed E-state index contributed by atoms with van der Waals surface area (Å²) < 4.78 is 0.310. The molecule has 2 aliphatic rings. The molecule has 1 aromatic rings. The minimum atomic E-state index is 0. The molecule has 0 aromatic heterocycles. The zero-order valence-corrected chi connectivity index (χ0v) is 20.3. The van der Waals surface area contributed by atoms with E-state index in [1.54, 1.807) is 0 Å². The van der Waals surface area contributed by atoms with Crippen molar-refractivity contribution in [3.63, 3.8) is 0 Å². The number of halogens is 1. The maximum atomic E-state index is 4.55. The molecule has 3 rings (SSSR count). The highest BCUT2D eigenvalue weighted by Gasteiger charge is 2.31. The highest BCUT2D eigenvalue weighted by molar-refractivity contribution is 14.0. The van der Waals surface area contributed by atoms with Gasteiger partial charge in [0.05, 0.1) is 0 Å². The largest absolute Gasteiger partial charge is 0.356 e. The number of likely N-dealkylation sites (tertiary alicyclic amines) is 1. The minimum absolute atomic E-state index is 0. The second-order valence-electron chi connectivity index (χ2n) is 8.32. The van der Waals surface area contributed by atoms with E-state index >= 15 is 0 Å². The lowest BCUT2D eigenvalue weighted by atomic mass is 10.1. The first-order valence-electron chi connectivity index (χ1n) is 9.84. The Labute approximate surface area is 186 Å². The molecule has 0 saturated carbocycles. The summed E-state index contributed by atoms with van der Waals surface area (Å²) in [6, 6.07) is 11.5. The van der Waals surface area contributed by atoms with Crippen LogP contribution in [-0.4, -0.2) is 65.5 Å². The van der Waals surface area contributed by atoms with Gasteiger partial charge in [-0.15, -0.1) is 24.0 Å². The number of guanidine groups is 1. The van der Waals surface area contributed by atoms with Gasteiger partial charge in [0.25, 0.3) is 0 Å². The lowest BCUT2D eigenvalue weighted by Gasteiger charge is -2.39. The molecule has 6 heteroatoms. The normalized spacial score (nSPS) is 25.9. The van der Waals surface area contributed by atoms with Crippen LogP contribution in [-0.2, 0) is 6.54 Å². The van der Waals surface area contributed by atoms with Crippen LogP contribution in [0.4, 0.5) is 0 Å². The molecule has 1 N–H and O–H groups in total. The van der Waals surface area contributed by atoms with Crippen molar-refractivity contribution in [2.45, 2.75) is 44.5 Å². The third-order valence-electron chi connectivity index (χ3n) is 5.50. The summed E-state index contributed by atoms with van der Waals surface area (Å²) in [5.41, 5.74) is 1.41. The topological polar surface area (TPSA) is 30.9 Å². The number of nitrogens with zero attached hydrogens (tertiary/aromatic N) is 3. The van der Waals surface area contributed by atoms with Gasteiger partial charge in [0.1, 0.15) is 0 Å². The Bertz CT molecular complexity index is 607. The Kier molecular flexibility index (Phi) is 8.74. The zero-order chi connectivity index (χ0) is 18.6. The number of nitrogens with one attached hydrogen (secondary N) is 1. The predicted octanol–water partition coefficient (Wildman–Crippen LogP) is 3.92. The summed E-state index contributed by atoms with van der Waals surface area (Å²) in [4.78, 5) is 9.60. The number of aliphatic imine (C=N–C) groups is 1. The Morgan fingerprint density at radius 2 is 2.04 bits per heavy atom. The van der Waals surface area contributed by atoms with E-state index < -0.39 is 0 Å². The molecule has 2 atom stereocenters. The van der Waals surface area contributed by atoms with Crippen LogP contribution >= 0.6 is 35.7 Å². The van der Waals surface area contributed by atoms with E-state index in [0.29, 0.717) is 16.7 Å². The Morgan fingerprint density at radius 1 is 1.30 bits per heavy atom. The molecule has 152 valence electrons. The van der Waals surface area contributed by atoms with E-state index in [-0.39, 0.29) is 24.0 Å². The standard InChI is InChI=1S/C21H34N4S.HI/c1-17-12-19(15-25(17)14-18-8-6-5-7-9-18)13-23-20(22-4)24-10-11-26-21(2,3)16-24;/h5-9,17,19H,10-16H2,1-4H3,(H,22,23);1H. The summed E-state index contributed by atoms with van der Waals surface area (Å²) in [5.74, 6) is 2.95. The Balaban J connectivity index is 0.00000261. The van der Waals surface area contributed by atoms with Gasteiger partial charge >= 0.3 is 0 Å². The second kappa shape index (κ2) is 10.3. The lowest BCUT2D eigenvalue weighted by molar-refractivity contribution is 0.255. The number of hydrogen-bond donors (Lipinski definition) is 1. The van der Waals surface area contributed by atoms with Crippen LogP contribution in [0.5, 0.6) is 0 Å². The summed E-state index contributed by atoms with van der Waals surface area (Å²) >= 11 is 2.07. The molecule has 27 heavy (non-hydrogen) atoms. The highest BCUT2D eigenvalue weighted by atomic mass is 127. The van der Waals surface area contributed by atoms with Gasteiger partial charge in [0.2, 0.25) is 0 Å². The fourth-order valence-electron chi connectivity index (χ4n) is 4.17. The molecule has 4 nitrogen and oxygen atoms in total. The molecule has 2 fully saturated rings. The van der Waals surface area contributed by atoms with Crippen LogP contribution in [0.2, 0.25) is 0 Å². The first-order chi connectivity index (χ1) is 12.5. The maximum absolute atomic E-state index is 4.55. The Morgan fingerprint density at radius 3 is 2.70 bits per heavy atom. The van der Waals surface area contributed by atoms with Crippen molar-refractivity contribution in [1.29, 1.82) is 0 Å². The molecular formula is C21H35IN4S. The van der Waals surface area contributed by atoms with Crippen LogP contribution in [0.3, 0.4) is 0 Å².